The van der Waals surface area contributed by atoms with Crippen LogP contribution in [0, 0.1) is 12.8 Å². The molecule has 5 nitrogen and oxygen atoms in total. The fraction of sp³-hybridized carbons (Fsp3) is 0.636. The van der Waals surface area contributed by atoms with Crippen LogP contribution in [-0.2, 0) is 18.3 Å². The lowest BCUT2D eigenvalue weighted by Crippen LogP contribution is -2.48. The van der Waals surface area contributed by atoms with Gasteiger partial charge in [-0.25, -0.2) is 0 Å². The number of hydrogen-bond acceptors (Lipinski definition) is 3. The van der Waals surface area contributed by atoms with Gasteiger partial charge in [-0.15, -0.1) is 0 Å². The van der Waals surface area contributed by atoms with Crippen molar-refractivity contribution in [2.45, 2.75) is 31.8 Å². The first-order chi connectivity index (χ1) is 7.39. The lowest BCUT2D eigenvalue weighted by molar-refractivity contribution is -0.158. The Morgan fingerprint density at radius 3 is 2.75 bits per heavy atom. The van der Waals surface area contributed by atoms with Crippen LogP contribution in [0.4, 0.5) is 0 Å². The molecule has 0 unspecified atom stereocenters. The smallest absolute Gasteiger partial charge is 0.306 e. The van der Waals surface area contributed by atoms with Crippen LogP contribution >= 0.6 is 0 Å². The zero-order chi connectivity index (χ0) is 11.9. The molecule has 1 heterocycles. The summed E-state index contributed by atoms with van der Waals surface area (Å²) in [5.41, 5.74) is 1.00. The molecule has 0 saturated heterocycles. The predicted molar refractivity (Wildman–Crippen MR) is 57.0 cm³/mol. The summed E-state index contributed by atoms with van der Waals surface area (Å²) >= 11 is 0. The monoisotopic (exact) mass is 224 g/mol. The standard InChI is InChI=1S/C11H16N2O3/c1-7-3-9(13(2)12-7)6-11(16)4-8(5-11)10(14)15/h3,8,16H,4-6H2,1-2H3,(H,14,15). The number of nitrogens with zero attached hydrogens (tertiary/aromatic N) is 2. The summed E-state index contributed by atoms with van der Waals surface area (Å²) in [6.07, 6.45) is 1.16. The average Bonchev–Trinajstić information content (AvgIpc) is 2.40. The molecule has 2 rings (SSSR count). The molecule has 0 atom stereocenters. The van der Waals surface area contributed by atoms with Gasteiger partial charge in [0.15, 0.2) is 0 Å². The van der Waals surface area contributed by atoms with E-state index in [1.807, 2.05) is 20.0 Å². The van der Waals surface area contributed by atoms with Crippen molar-refractivity contribution in [2.75, 3.05) is 0 Å². The molecule has 1 aliphatic carbocycles. The van der Waals surface area contributed by atoms with E-state index >= 15 is 0 Å². The molecule has 1 aromatic rings. The first-order valence-corrected chi connectivity index (χ1v) is 5.34. The quantitative estimate of drug-likeness (QED) is 0.783. The highest BCUT2D eigenvalue weighted by Gasteiger charge is 2.46. The normalized spacial score (nSPS) is 28.8. The van der Waals surface area contributed by atoms with Crippen molar-refractivity contribution in [3.8, 4) is 0 Å². The molecule has 1 fully saturated rings. The summed E-state index contributed by atoms with van der Waals surface area (Å²) in [6, 6.07) is 1.92. The highest BCUT2D eigenvalue weighted by Crippen LogP contribution is 2.40. The summed E-state index contributed by atoms with van der Waals surface area (Å²) in [5, 5.41) is 23.1. The van der Waals surface area contributed by atoms with E-state index in [0.717, 1.165) is 11.4 Å². The van der Waals surface area contributed by atoms with E-state index < -0.39 is 11.6 Å². The van der Waals surface area contributed by atoms with Crippen LogP contribution in [0.2, 0.25) is 0 Å². The molecule has 5 heteroatoms. The van der Waals surface area contributed by atoms with E-state index in [1.165, 1.54) is 0 Å². The Kier molecular flexibility index (Phi) is 2.50. The van der Waals surface area contributed by atoms with Crippen LogP contribution < -0.4 is 0 Å². The molecule has 0 radical (unpaired) electrons. The molecule has 16 heavy (non-hydrogen) atoms. The maximum Gasteiger partial charge on any atom is 0.306 e. The van der Waals surface area contributed by atoms with Gasteiger partial charge in [-0.2, -0.15) is 5.10 Å². The van der Waals surface area contributed by atoms with Crippen LogP contribution in [0.1, 0.15) is 24.2 Å². The van der Waals surface area contributed by atoms with Crippen LogP contribution in [0.3, 0.4) is 0 Å². The third-order valence-corrected chi connectivity index (χ3v) is 3.21. The van der Waals surface area contributed by atoms with Gasteiger partial charge in [0.25, 0.3) is 0 Å². The van der Waals surface area contributed by atoms with Gasteiger partial charge in [0.2, 0.25) is 0 Å². The van der Waals surface area contributed by atoms with Gasteiger partial charge >= 0.3 is 5.97 Å². The van der Waals surface area contributed by atoms with Gasteiger partial charge in [-0.3, -0.25) is 9.48 Å². The Labute approximate surface area is 93.7 Å². The van der Waals surface area contributed by atoms with E-state index in [4.69, 9.17) is 5.11 Å². The Morgan fingerprint density at radius 1 is 1.69 bits per heavy atom. The van der Waals surface area contributed by atoms with E-state index in [-0.39, 0.29) is 5.92 Å². The Morgan fingerprint density at radius 2 is 2.31 bits per heavy atom. The minimum Gasteiger partial charge on any atom is -0.481 e. The summed E-state index contributed by atoms with van der Waals surface area (Å²) in [5.74, 6) is -1.20. The Hall–Kier alpha value is -1.36. The molecule has 0 spiro atoms. The van der Waals surface area contributed by atoms with Crippen molar-refractivity contribution in [3.63, 3.8) is 0 Å². The number of hydrogen-bond donors (Lipinski definition) is 2. The highest BCUT2D eigenvalue weighted by atomic mass is 16.4. The third kappa shape index (κ3) is 1.95. The van der Waals surface area contributed by atoms with Gasteiger partial charge in [0, 0.05) is 19.2 Å². The summed E-state index contributed by atoms with van der Waals surface area (Å²) in [6.45, 7) is 1.90. The van der Waals surface area contributed by atoms with Crippen molar-refractivity contribution < 1.29 is 15.0 Å². The maximum absolute atomic E-state index is 10.7. The van der Waals surface area contributed by atoms with Crippen LogP contribution in [0.15, 0.2) is 6.07 Å². The van der Waals surface area contributed by atoms with E-state index in [1.54, 1.807) is 4.68 Å². The highest BCUT2D eigenvalue weighted by molar-refractivity contribution is 5.71. The van der Waals surface area contributed by atoms with Gasteiger partial charge in [0.1, 0.15) is 0 Å². The van der Waals surface area contributed by atoms with Crippen LogP contribution in [0.5, 0.6) is 0 Å². The van der Waals surface area contributed by atoms with Crippen molar-refractivity contribution in [1.82, 2.24) is 9.78 Å². The molecule has 1 saturated carbocycles. The maximum atomic E-state index is 10.7. The van der Waals surface area contributed by atoms with E-state index in [0.29, 0.717) is 19.3 Å². The molecule has 1 aliphatic rings. The van der Waals surface area contributed by atoms with Crippen molar-refractivity contribution >= 4 is 5.97 Å². The molecule has 88 valence electrons. The number of aromatic nitrogens is 2. The molecule has 1 aromatic heterocycles. The molecular formula is C11H16N2O3. The Balaban J connectivity index is 2.01. The number of aliphatic hydroxyl groups is 1. The van der Waals surface area contributed by atoms with E-state index in [9.17, 15) is 9.90 Å². The first kappa shape index (κ1) is 11.1. The zero-order valence-electron chi connectivity index (χ0n) is 9.47. The Bertz CT molecular complexity index is 419. The molecule has 0 aliphatic heterocycles. The van der Waals surface area contributed by atoms with Gasteiger partial charge < -0.3 is 10.2 Å². The van der Waals surface area contributed by atoms with Crippen molar-refractivity contribution in [1.29, 1.82) is 0 Å². The third-order valence-electron chi connectivity index (χ3n) is 3.21. The number of rotatable bonds is 3. The van der Waals surface area contributed by atoms with Gasteiger partial charge in [-0.1, -0.05) is 0 Å². The molecular weight excluding hydrogens is 208 g/mol. The fourth-order valence-electron chi connectivity index (χ4n) is 2.34. The van der Waals surface area contributed by atoms with Crippen LogP contribution in [-0.4, -0.2) is 31.6 Å². The summed E-state index contributed by atoms with van der Waals surface area (Å²) in [4.78, 5) is 10.7. The number of carboxylic acids is 1. The van der Waals surface area contributed by atoms with E-state index in [2.05, 4.69) is 5.10 Å². The average molecular weight is 224 g/mol. The molecule has 0 amide bonds. The largest absolute Gasteiger partial charge is 0.481 e. The lowest BCUT2D eigenvalue weighted by atomic mass is 9.69. The molecule has 0 bridgehead atoms. The first-order valence-electron chi connectivity index (χ1n) is 5.34. The van der Waals surface area contributed by atoms with Crippen molar-refractivity contribution in [3.05, 3.63) is 17.5 Å². The number of carboxylic acid groups (broad SMARTS) is 1. The number of aryl methyl sites for hydroxylation is 2. The minimum atomic E-state index is -0.858. The second-order valence-electron chi connectivity index (χ2n) is 4.75. The molecule has 0 aromatic carbocycles. The number of carbonyl (C=O) groups is 1. The van der Waals surface area contributed by atoms with Gasteiger partial charge in [-0.05, 0) is 25.8 Å². The fourth-order valence-corrected chi connectivity index (χ4v) is 2.34. The SMILES string of the molecule is Cc1cc(CC2(O)CC(C(=O)O)C2)n(C)n1. The van der Waals surface area contributed by atoms with Crippen LogP contribution in [0.25, 0.3) is 0 Å². The second-order valence-corrected chi connectivity index (χ2v) is 4.75. The van der Waals surface area contributed by atoms with Crippen molar-refractivity contribution in [2.24, 2.45) is 13.0 Å². The zero-order valence-corrected chi connectivity index (χ0v) is 9.47. The minimum absolute atomic E-state index is 0.340. The summed E-state index contributed by atoms with van der Waals surface area (Å²) in [7, 11) is 1.83. The molecule has 2 N–H and O–H groups in total. The topological polar surface area (TPSA) is 75.3 Å². The summed E-state index contributed by atoms with van der Waals surface area (Å²) < 4.78 is 1.74. The second kappa shape index (κ2) is 3.59. The lowest BCUT2D eigenvalue weighted by Gasteiger charge is -2.41. The number of aliphatic carboxylic acids is 1. The predicted octanol–water partition coefficient (Wildman–Crippen LogP) is 0.497. The van der Waals surface area contributed by atoms with Gasteiger partial charge in [0.05, 0.1) is 17.2 Å².